The highest BCUT2D eigenvalue weighted by molar-refractivity contribution is 6.10. The van der Waals surface area contributed by atoms with Crippen molar-refractivity contribution in [1.82, 2.24) is 0 Å². The summed E-state index contributed by atoms with van der Waals surface area (Å²) in [6.45, 7) is 1.91. The van der Waals surface area contributed by atoms with E-state index in [0.717, 1.165) is 44.8 Å². The van der Waals surface area contributed by atoms with Crippen LogP contribution in [0.2, 0.25) is 0 Å². The summed E-state index contributed by atoms with van der Waals surface area (Å²) in [5, 5.41) is 13.8. The van der Waals surface area contributed by atoms with Crippen molar-refractivity contribution in [3.05, 3.63) is 84.9 Å². The summed E-state index contributed by atoms with van der Waals surface area (Å²) < 4.78 is 10.3. The molecule has 0 aliphatic carbocycles. The van der Waals surface area contributed by atoms with E-state index in [-0.39, 0.29) is 12.4 Å². The number of hydrogen-bond donors (Lipinski definition) is 1. The number of aromatic hydroxyl groups is 1. The number of phenols is 1. The molecular formula is C26H20O5. The van der Waals surface area contributed by atoms with Gasteiger partial charge in [0.2, 0.25) is 0 Å². The lowest BCUT2D eigenvalue weighted by Gasteiger charge is -2.14. The number of phenolic OH excluding ortho intramolecular Hbond substituents is 1. The Labute approximate surface area is 179 Å². The van der Waals surface area contributed by atoms with E-state index in [1.54, 1.807) is 31.2 Å². The van der Waals surface area contributed by atoms with Gasteiger partial charge in [0.05, 0.1) is 6.61 Å². The SMILES string of the molecule is CCOC(=O)/C=C/C(=O)Oc1cccc2cccc(-c3cccc4cccc(O)c34)c12. The number of ether oxygens (including phenoxy) is 2. The Bertz CT molecular complexity index is 1310. The van der Waals surface area contributed by atoms with Gasteiger partial charge in [-0.05, 0) is 41.0 Å². The first-order chi connectivity index (χ1) is 15.1. The molecule has 5 nitrogen and oxygen atoms in total. The van der Waals surface area contributed by atoms with Crippen LogP contribution in [0.15, 0.2) is 84.9 Å². The Morgan fingerprint density at radius 1 is 0.774 bits per heavy atom. The van der Waals surface area contributed by atoms with E-state index in [1.807, 2.05) is 48.5 Å². The summed E-state index contributed by atoms with van der Waals surface area (Å²) >= 11 is 0. The van der Waals surface area contributed by atoms with Crippen LogP contribution in [0.4, 0.5) is 0 Å². The van der Waals surface area contributed by atoms with Crippen LogP contribution in [0, 0.1) is 0 Å². The molecule has 31 heavy (non-hydrogen) atoms. The molecule has 0 unspecified atom stereocenters. The number of carbonyl (C=O) groups is 2. The second kappa shape index (κ2) is 8.71. The molecular weight excluding hydrogens is 392 g/mol. The van der Waals surface area contributed by atoms with Gasteiger partial charge in [-0.2, -0.15) is 0 Å². The lowest BCUT2D eigenvalue weighted by Crippen LogP contribution is -2.07. The van der Waals surface area contributed by atoms with Gasteiger partial charge >= 0.3 is 11.9 Å². The topological polar surface area (TPSA) is 72.8 Å². The van der Waals surface area contributed by atoms with E-state index < -0.39 is 11.9 Å². The molecule has 4 aromatic rings. The molecule has 1 N–H and O–H groups in total. The number of carbonyl (C=O) groups excluding carboxylic acids is 2. The molecule has 0 saturated carbocycles. The number of rotatable bonds is 5. The zero-order chi connectivity index (χ0) is 21.8. The third-order valence-electron chi connectivity index (χ3n) is 4.89. The Kier molecular flexibility index (Phi) is 5.67. The molecule has 4 aromatic carbocycles. The summed E-state index contributed by atoms with van der Waals surface area (Å²) in [5.74, 6) is -0.753. The zero-order valence-corrected chi connectivity index (χ0v) is 16.9. The van der Waals surface area contributed by atoms with E-state index in [0.29, 0.717) is 5.75 Å². The number of benzene rings is 4. The van der Waals surface area contributed by atoms with Gasteiger partial charge in [-0.3, -0.25) is 0 Å². The van der Waals surface area contributed by atoms with Crippen molar-refractivity contribution in [1.29, 1.82) is 0 Å². The molecule has 4 rings (SSSR count). The van der Waals surface area contributed by atoms with Crippen LogP contribution in [-0.4, -0.2) is 23.7 Å². The van der Waals surface area contributed by atoms with Crippen molar-refractivity contribution >= 4 is 33.5 Å². The van der Waals surface area contributed by atoms with Crippen molar-refractivity contribution in [2.24, 2.45) is 0 Å². The monoisotopic (exact) mass is 412 g/mol. The van der Waals surface area contributed by atoms with Gasteiger partial charge in [-0.25, -0.2) is 9.59 Å². The summed E-state index contributed by atoms with van der Waals surface area (Å²) in [6, 6.07) is 22.4. The second-order valence-electron chi connectivity index (χ2n) is 6.85. The van der Waals surface area contributed by atoms with Crippen LogP contribution >= 0.6 is 0 Å². The van der Waals surface area contributed by atoms with Crippen LogP contribution in [0.1, 0.15) is 6.92 Å². The molecule has 0 aromatic heterocycles. The average Bonchev–Trinajstić information content (AvgIpc) is 2.77. The fraction of sp³-hybridized carbons (Fsp3) is 0.0769. The van der Waals surface area contributed by atoms with Crippen molar-refractivity contribution in [2.75, 3.05) is 6.61 Å². The minimum absolute atomic E-state index is 0.178. The minimum Gasteiger partial charge on any atom is -0.507 e. The summed E-state index contributed by atoms with van der Waals surface area (Å²) in [4.78, 5) is 23.8. The van der Waals surface area contributed by atoms with Gasteiger partial charge < -0.3 is 14.6 Å². The second-order valence-corrected chi connectivity index (χ2v) is 6.85. The smallest absolute Gasteiger partial charge is 0.336 e. The first-order valence-corrected chi connectivity index (χ1v) is 9.88. The third kappa shape index (κ3) is 4.12. The normalized spacial score (nSPS) is 11.1. The highest BCUT2D eigenvalue weighted by Gasteiger charge is 2.15. The van der Waals surface area contributed by atoms with Gasteiger partial charge in [0.25, 0.3) is 0 Å². The Morgan fingerprint density at radius 2 is 1.32 bits per heavy atom. The number of hydrogen-bond acceptors (Lipinski definition) is 5. The van der Waals surface area contributed by atoms with Crippen molar-refractivity contribution < 1.29 is 24.2 Å². The van der Waals surface area contributed by atoms with Gasteiger partial charge in [0.1, 0.15) is 11.5 Å². The molecule has 0 atom stereocenters. The number of esters is 2. The molecule has 0 bridgehead atoms. The third-order valence-corrected chi connectivity index (χ3v) is 4.89. The van der Waals surface area contributed by atoms with Gasteiger partial charge in [-0.15, -0.1) is 0 Å². The molecule has 5 heteroatoms. The molecule has 0 aliphatic rings. The first-order valence-electron chi connectivity index (χ1n) is 9.88. The first kappa shape index (κ1) is 20.2. The van der Waals surface area contributed by atoms with Crippen LogP contribution in [-0.2, 0) is 14.3 Å². The lowest BCUT2D eigenvalue weighted by molar-refractivity contribution is -0.138. The van der Waals surface area contributed by atoms with Gasteiger partial charge in [0.15, 0.2) is 0 Å². The fourth-order valence-electron chi connectivity index (χ4n) is 3.63. The van der Waals surface area contributed by atoms with Gasteiger partial charge in [-0.1, -0.05) is 60.7 Å². The Hall–Kier alpha value is -4.12. The molecule has 0 radical (unpaired) electrons. The van der Waals surface area contributed by atoms with Crippen LogP contribution < -0.4 is 4.74 Å². The van der Waals surface area contributed by atoms with E-state index in [4.69, 9.17) is 9.47 Å². The quantitative estimate of drug-likeness (QED) is 0.270. The molecule has 0 amide bonds. The molecule has 0 saturated heterocycles. The Morgan fingerprint density at radius 3 is 2.00 bits per heavy atom. The van der Waals surface area contributed by atoms with E-state index in [1.165, 1.54) is 0 Å². The molecule has 0 spiro atoms. The predicted molar refractivity (Wildman–Crippen MR) is 120 cm³/mol. The van der Waals surface area contributed by atoms with Crippen molar-refractivity contribution in [2.45, 2.75) is 6.92 Å². The van der Waals surface area contributed by atoms with Crippen molar-refractivity contribution in [3.8, 4) is 22.6 Å². The molecule has 154 valence electrons. The van der Waals surface area contributed by atoms with Gasteiger partial charge in [0, 0.05) is 22.9 Å². The average molecular weight is 412 g/mol. The van der Waals surface area contributed by atoms with E-state index in [9.17, 15) is 14.7 Å². The summed E-state index contributed by atoms with van der Waals surface area (Å²) in [5.41, 5.74) is 1.65. The molecule has 0 aliphatic heterocycles. The maximum Gasteiger partial charge on any atom is 0.336 e. The highest BCUT2D eigenvalue weighted by atomic mass is 16.5. The molecule has 0 heterocycles. The Balaban J connectivity index is 1.83. The van der Waals surface area contributed by atoms with E-state index in [2.05, 4.69) is 0 Å². The van der Waals surface area contributed by atoms with Crippen molar-refractivity contribution in [3.63, 3.8) is 0 Å². The minimum atomic E-state index is -0.684. The van der Waals surface area contributed by atoms with Crippen LogP contribution in [0.5, 0.6) is 11.5 Å². The zero-order valence-electron chi connectivity index (χ0n) is 16.9. The summed E-state index contributed by atoms with van der Waals surface area (Å²) in [6.07, 6.45) is 2.09. The van der Waals surface area contributed by atoms with Crippen LogP contribution in [0.25, 0.3) is 32.7 Å². The largest absolute Gasteiger partial charge is 0.507 e. The van der Waals surface area contributed by atoms with Crippen LogP contribution in [0.3, 0.4) is 0 Å². The maximum atomic E-state index is 12.3. The predicted octanol–water partition coefficient (Wildman–Crippen LogP) is 5.39. The standard InChI is InChI=1S/C26H20O5/c1-2-30-23(28)15-16-24(29)31-22-14-6-10-18-8-4-12-20(26(18)22)19-11-3-7-17-9-5-13-21(27)25(17)19/h3-16,27H,2H2,1H3/b16-15+. The molecule has 0 fully saturated rings. The lowest BCUT2D eigenvalue weighted by atomic mass is 9.93. The number of fused-ring (bicyclic) bond motifs is 2. The van der Waals surface area contributed by atoms with E-state index >= 15 is 0 Å². The fourth-order valence-corrected chi connectivity index (χ4v) is 3.63. The highest BCUT2D eigenvalue weighted by Crippen LogP contribution is 2.40. The summed E-state index contributed by atoms with van der Waals surface area (Å²) in [7, 11) is 0. The maximum absolute atomic E-state index is 12.3.